The van der Waals surface area contributed by atoms with Crippen molar-refractivity contribution in [1.82, 2.24) is 19.8 Å². The molecule has 4 rings (SSSR count). The summed E-state index contributed by atoms with van der Waals surface area (Å²) in [5.74, 6) is 3.69. The fraction of sp³-hybridized carbons (Fsp3) is 0.500. The van der Waals surface area contributed by atoms with Gasteiger partial charge >= 0.3 is 0 Å². The van der Waals surface area contributed by atoms with Crippen molar-refractivity contribution in [2.24, 2.45) is 5.92 Å². The lowest BCUT2D eigenvalue weighted by Gasteiger charge is -2.54. The van der Waals surface area contributed by atoms with Crippen LogP contribution in [0, 0.1) is 18.3 Å². The number of terminal acetylenes is 1. The second-order valence-corrected chi connectivity index (χ2v) is 8.35. The summed E-state index contributed by atoms with van der Waals surface area (Å²) in [6.07, 6.45) is 6.04. The largest absolute Gasteiger partial charge is 0.454 e. The quantitative estimate of drug-likeness (QED) is 0.491. The van der Waals surface area contributed by atoms with Crippen molar-refractivity contribution in [2.45, 2.75) is 39.0 Å². The third-order valence-corrected chi connectivity index (χ3v) is 5.76. The summed E-state index contributed by atoms with van der Waals surface area (Å²) in [4.78, 5) is 41.6. The number of fused-ring (bicyclic) bond motifs is 2. The van der Waals surface area contributed by atoms with Gasteiger partial charge in [-0.05, 0) is 30.0 Å². The molecule has 164 valence electrons. The van der Waals surface area contributed by atoms with Gasteiger partial charge in [0.15, 0.2) is 11.5 Å². The minimum Gasteiger partial charge on any atom is -0.454 e. The van der Waals surface area contributed by atoms with Crippen LogP contribution < -0.4 is 9.47 Å². The van der Waals surface area contributed by atoms with E-state index in [2.05, 4.69) is 5.92 Å². The Hall–Kier alpha value is -3.25. The molecule has 1 unspecified atom stereocenters. The molecule has 0 bridgehead atoms. The molecule has 2 saturated heterocycles. The molecule has 0 N–H and O–H groups in total. The van der Waals surface area contributed by atoms with Crippen molar-refractivity contribution in [3.8, 4) is 23.8 Å². The molecule has 31 heavy (non-hydrogen) atoms. The molecule has 9 nitrogen and oxygen atoms in total. The zero-order valence-electron chi connectivity index (χ0n) is 17.7. The van der Waals surface area contributed by atoms with Gasteiger partial charge in [0.05, 0.1) is 19.6 Å². The predicted molar refractivity (Wildman–Crippen MR) is 110 cm³/mol. The normalized spacial score (nSPS) is 23.2. The van der Waals surface area contributed by atoms with Gasteiger partial charge in [-0.25, -0.2) is 0 Å². The van der Waals surface area contributed by atoms with Gasteiger partial charge in [-0.2, -0.15) is 5.01 Å². The van der Waals surface area contributed by atoms with Gasteiger partial charge in [0.1, 0.15) is 12.2 Å². The van der Waals surface area contributed by atoms with E-state index in [0.717, 1.165) is 5.56 Å². The van der Waals surface area contributed by atoms with Crippen LogP contribution in [0.25, 0.3) is 0 Å². The third kappa shape index (κ3) is 3.91. The van der Waals surface area contributed by atoms with Gasteiger partial charge in [-0.3, -0.25) is 19.4 Å². The van der Waals surface area contributed by atoms with Crippen molar-refractivity contribution in [3.63, 3.8) is 0 Å². The molecule has 0 spiro atoms. The zero-order chi connectivity index (χ0) is 22.1. The van der Waals surface area contributed by atoms with Crippen LogP contribution in [0.2, 0.25) is 0 Å². The Labute approximate surface area is 181 Å². The number of amides is 3. The second-order valence-electron chi connectivity index (χ2n) is 8.35. The lowest BCUT2D eigenvalue weighted by molar-refractivity contribution is -0.199. The number of hydrogen-bond donors (Lipinski definition) is 0. The number of piperazine rings is 1. The van der Waals surface area contributed by atoms with E-state index in [0.29, 0.717) is 30.9 Å². The molecular formula is C22H26N4O5. The number of rotatable bonds is 6. The van der Waals surface area contributed by atoms with Gasteiger partial charge in [0, 0.05) is 6.54 Å². The molecule has 3 aliphatic heterocycles. The molecule has 9 heteroatoms. The second kappa shape index (κ2) is 8.47. The fourth-order valence-electron chi connectivity index (χ4n) is 4.41. The van der Waals surface area contributed by atoms with Crippen molar-refractivity contribution in [2.75, 3.05) is 26.4 Å². The van der Waals surface area contributed by atoms with Crippen LogP contribution in [0.15, 0.2) is 18.2 Å². The lowest BCUT2D eigenvalue weighted by Crippen LogP contribution is -2.74. The van der Waals surface area contributed by atoms with Crippen LogP contribution in [0.1, 0.15) is 25.8 Å². The number of nitrogens with zero attached hydrogens (tertiary/aromatic N) is 4. The summed E-state index contributed by atoms with van der Waals surface area (Å²) >= 11 is 0. The molecule has 1 aromatic carbocycles. The Bertz CT molecular complexity index is 927. The van der Waals surface area contributed by atoms with Crippen LogP contribution in [0.4, 0.5) is 0 Å². The fourth-order valence-corrected chi connectivity index (χ4v) is 4.41. The Balaban J connectivity index is 1.64. The smallest absolute Gasteiger partial charge is 0.245 e. The van der Waals surface area contributed by atoms with E-state index in [-0.39, 0.29) is 44.2 Å². The monoisotopic (exact) mass is 426 g/mol. The molecule has 2 fully saturated rings. The summed E-state index contributed by atoms with van der Waals surface area (Å²) < 4.78 is 10.8. The summed E-state index contributed by atoms with van der Waals surface area (Å²) in [6.45, 7) is 4.85. The van der Waals surface area contributed by atoms with Crippen molar-refractivity contribution < 1.29 is 23.9 Å². The van der Waals surface area contributed by atoms with Crippen molar-refractivity contribution in [3.05, 3.63) is 23.8 Å². The number of ether oxygens (including phenoxy) is 2. The topological polar surface area (TPSA) is 82.6 Å². The van der Waals surface area contributed by atoms with Crippen LogP contribution >= 0.6 is 0 Å². The number of hydrogen-bond acceptors (Lipinski definition) is 6. The average Bonchev–Trinajstić information content (AvgIpc) is 3.19. The Morgan fingerprint density at radius 3 is 2.74 bits per heavy atom. The van der Waals surface area contributed by atoms with Crippen LogP contribution in [0.5, 0.6) is 11.5 Å². The minimum atomic E-state index is -0.629. The summed E-state index contributed by atoms with van der Waals surface area (Å²) in [7, 11) is 0. The summed E-state index contributed by atoms with van der Waals surface area (Å²) in [5.41, 5.74) is 0.884. The first-order valence-corrected chi connectivity index (χ1v) is 10.3. The molecular weight excluding hydrogens is 400 g/mol. The molecule has 0 aliphatic carbocycles. The number of hydrazine groups is 1. The van der Waals surface area contributed by atoms with Crippen molar-refractivity contribution >= 4 is 18.2 Å². The molecule has 0 radical (unpaired) electrons. The van der Waals surface area contributed by atoms with Crippen LogP contribution in [0.3, 0.4) is 0 Å². The highest BCUT2D eigenvalue weighted by Crippen LogP contribution is 2.34. The first-order valence-electron chi connectivity index (χ1n) is 10.3. The maximum absolute atomic E-state index is 13.4. The molecule has 0 aromatic heterocycles. The maximum atomic E-state index is 13.4. The van der Waals surface area contributed by atoms with E-state index in [1.807, 2.05) is 32.0 Å². The van der Waals surface area contributed by atoms with Crippen LogP contribution in [-0.2, 0) is 20.9 Å². The molecule has 2 atom stereocenters. The van der Waals surface area contributed by atoms with E-state index in [4.69, 9.17) is 15.9 Å². The van der Waals surface area contributed by atoms with Crippen molar-refractivity contribution in [1.29, 1.82) is 0 Å². The molecule has 3 aliphatic rings. The van der Waals surface area contributed by atoms with Gasteiger partial charge < -0.3 is 19.3 Å². The van der Waals surface area contributed by atoms with E-state index >= 15 is 0 Å². The summed E-state index contributed by atoms with van der Waals surface area (Å²) in [5, 5.41) is 3.01. The molecule has 1 aromatic rings. The number of benzene rings is 1. The van der Waals surface area contributed by atoms with Gasteiger partial charge in [-0.1, -0.05) is 25.8 Å². The Kier molecular flexibility index (Phi) is 5.74. The van der Waals surface area contributed by atoms with E-state index in [1.54, 1.807) is 14.8 Å². The highest BCUT2D eigenvalue weighted by atomic mass is 16.7. The van der Waals surface area contributed by atoms with E-state index in [1.165, 1.54) is 5.01 Å². The first kappa shape index (κ1) is 21.0. The molecule has 3 amide bonds. The minimum absolute atomic E-state index is 0.0243. The SMILES string of the molecule is C#CCN1CC(=O)N2C(CN(Cc3ccc4c(c3)OCO4)C(=O)[C@@H]2CC(C)C)N1C=O. The van der Waals surface area contributed by atoms with Gasteiger partial charge in [-0.15, -0.1) is 6.42 Å². The predicted octanol–water partition coefficient (Wildman–Crippen LogP) is 0.649. The highest BCUT2D eigenvalue weighted by Gasteiger charge is 2.49. The van der Waals surface area contributed by atoms with Gasteiger partial charge in [0.25, 0.3) is 0 Å². The maximum Gasteiger partial charge on any atom is 0.245 e. The molecule has 0 saturated carbocycles. The third-order valence-electron chi connectivity index (χ3n) is 5.76. The highest BCUT2D eigenvalue weighted by molar-refractivity contribution is 5.90. The lowest BCUT2D eigenvalue weighted by atomic mass is 9.96. The van der Waals surface area contributed by atoms with E-state index in [9.17, 15) is 14.4 Å². The number of carbonyl (C=O) groups is 3. The number of carbonyl (C=O) groups excluding carboxylic acids is 3. The zero-order valence-corrected chi connectivity index (χ0v) is 17.7. The van der Waals surface area contributed by atoms with E-state index < -0.39 is 12.2 Å². The molecule has 3 heterocycles. The summed E-state index contributed by atoms with van der Waals surface area (Å²) in [6, 6.07) is 4.93. The average molecular weight is 426 g/mol. The Morgan fingerprint density at radius 2 is 2.03 bits per heavy atom. The first-order chi connectivity index (χ1) is 14.9. The standard InChI is InChI=1S/C22H26N4O5/c1-4-7-24-12-21(28)26-17(8-15(2)3)22(29)23(11-20(26)25(24)13-27)10-16-5-6-18-19(9-16)31-14-30-18/h1,5-6,9,13,15,17,20H,7-8,10-12,14H2,2-3H3/t17-,20?/m0/s1. The van der Waals surface area contributed by atoms with Crippen LogP contribution in [-0.4, -0.2) is 76.7 Å². The van der Waals surface area contributed by atoms with Gasteiger partial charge in [0.2, 0.25) is 25.0 Å². The Morgan fingerprint density at radius 1 is 1.26 bits per heavy atom.